The van der Waals surface area contributed by atoms with E-state index in [0.717, 1.165) is 17.0 Å². The third-order valence-corrected chi connectivity index (χ3v) is 6.75. The summed E-state index contributed by atoms with van der Waals surface area (Å²) in [6.07, 6.45) is 3.66. The molecule has 0 aliphatic carbocycles. The van der Waals surface area contributed by atoms with E-state index in [1.165, 1.54) is 49.0 Å². The Kier molecular flexibility index (Phi) is 4.18. The topological polar surface area (TPSA) is 25.8 Å². The molecule has 0 aliphatic heterocycles. The van der Waals surface area contributed by atoms with E-state index in [2.05, 4.69) is 101 Å². The van der Waals surface area contributed by atoms with Crippen molar-refractivity contribution < 1.29 is 0 Å². The molecule has 0 bridgehead atoms. The predicted octanol–water partition coefficient (Wildman–Crippen LogP) is 8.38. The van der Waals surface area contributed by atoms with Crippen LogP contribution in [0.1, 0.15) is 0 Å². The molecular weight excluding hydrogens is 412 g/mol. The number of pyridine rings is 2. The van der Waals surface area contributed by atoms with E-state index in [0.29, 0.717) is 0 Å². The van der Waals surface area contributed by atoms with E-state index in [9.17, 15) is 0 Å². The lowest BCUT2D eigenvalue weighted by Crippen LogP contribution is -1.89. The van der Waals surface area contributed by atoms with E-state index in [-0.39, 0.29) is 0 Å². The second kappa shape index (κ2) is 7.50. The largest absolute Gasteiger partial charge is 0.255 e. The maximum Gasteiger partial charge on any atom is 0.0892 e. The maximum absolute atomic E-state index is 4.51. The standard InChI is InChI=1S/C32H20N2/c1-2-18-33-29(6-1)30-20-26(17-19-34-30)21-7-9-22(10-8-21)27-15-13-25-12-11-23-4-3-5-24-14-16-28(27)32(25)31(23)24/h1-20H. The number of aromatic nitrogens is 2. The fourth-order valence-corrected chi connectivity index (χ4v) is 5.09. The average molecular weight is 433 g/mol. The Morgan fingerprint density at radius 2 is 1.12 bits per heavy atom. The highest BCUT2D eigenvalue weighted by Gasteiger charge is 2.12. The van der Waals surface area contributed by atoms with Crippen molar-refractivity contribution in [1.29, 1.82) is 0 Å². The minimum atomic E-state index is 0.883. The molecule has 0 N–H and O–H groups in total. The van der Waals surface area contributed by atoms with Gasteiger partial charge in [0.05, 0.1) is 11.4 Å². The van der Waals surface area contributed by atoms with Gasteiger partial charge >= 0.3 is 0 Å². The molecule has 7 rings (SSSR count). The zero-order valence-electron chi connectivity index (χ0n) is 18.4. The van der Waals surface area contributed by atoms with Crippen LogP contribution in [0, 0.1) is 0 Å². The number of hydrogen-bond donors (Lipinski definition) is 0. The zero-order valence-corrected chi connectivity index (χ0v) is 18.4. The first-order chi connectivity index (χ1) is 16.8. The Morgan fingerprint density at radius 1 is 0.412 bits per heavy atom. The summed E-state index contributed by atoms with van der Waals surface area (Å²) in [5.74, 6) is 0. The summed E-state index contributed by atoms with van der Waals surface area (Å²) in [6, 6.07) is 38.9. The monoisotopic (exact) mass is 432 g/mol. The van der Waals surface area contributed by atoms with Gasteiger partial charge in [0.25, 0.3) is 0 Å². The lowest BCUT2D eigenvalue weighted by atomic mass is 9.89. The third kappa shape index (κ3) is 2.96. The molecule has 0 saturated heterocycles. The van der Waals surface area contributed by atoms with Crippen LogP contribution < -0.4 is 0 Å². The summed E-state index contributed by atoms with van der Waals surface area (Å²) in [6.45, 7) is 0. The minimum Gasteiger partial charge on any atom is -0.255 e. The first kappa shape index (κ1) is 19.0. The highest BCUT2D eigenvalue weighted by Crippen LogP contribution is 2.39. The van der Waals surface area contributed by atoms with Crippen LogP contribution in [-0.4, -0.2) is 9.97 Å². The van der Waals surface area contributed by atoms with Gasteiger partial charge in [0.2, 0.25) is 0 Å². The second-order valence-corrected chi connectivity index (χ2v) is 8.69. The summed E-state index contributed by atoms with van der Waals surface area (Å²) in [4.78, 5) is 8.95. The fraction of sp³-hybridized carbons (Fsp3) is 0. The quantitative estimate of drug-likeness (QED) is 0.262. The lowest BCUT2D eigenvalue weighted by Gasteiger charge is -2.14. The number of rotatable bonds is 3. The molecule has 0 fully saturated rings. The minimum absolute atomic E-state index is 0.883. The molecule has 2 heteroatoms. The van der Waals surface area contributed by atoms with Gasteiger partial charge in [-0.3, -0.25) is 9.97 Å². The van der Waals surface area contributed by atoms with E-state index in [1.54, 1.807) is 6.20 Å². The van der Waals surface area contributed by atoms with Crippen LogP contribution in [-0.2, 0) is 0 Å². The Labute approximate surface area is 197 Å². The highest BCUT2D eigenvalue weighted by atomic mass is 14.8. The van der Waals surface area contributed by atoms with Crippen molar-refractivity contribution in [3.8, 4) is 33.6 Å². The molecule has 0 radical (unpaired) electrons. The SMILES string of the molecule is c1ccc(-c2cc(-c3ccc(-c4ccc5ccc6cccc7ccc4c5c67)cc3)ccn2)nc1. The molecule has 2 nitrogen and oxygen atoms in total. The van der Waals surface area contributed by atoms with Crippen molar-refractivity contribution in [3.63, 3.8) is 0 Å². The highest BCUT2D eigenvalue weighted by molar-refractivity contribution is 6.25. The third-order valence-electron chi connectivity index (χ3n) is 6.75. The second-order valence-electron chi connectivity index (χ2n) is 8.69. The van der Waals surface area contributed by atoms with E-state index >= 15 is 0 Å². The molecule has 0 spiro atoms. The summed E-state index contributed by atoms with van der Waals surface area (Å²) < 4.78 is 0. The molecule has 0 atom stereocenters. The molecular formula is C32H20N2. The molecule has 5 aromatic carbocycles. The Bertz CT molecular complexity index is 1770. The first-order valence-electron chi connectivity index (χ1n) is 11.5. The molecule has 0 aliphatic rings. The van der Waals surface area contributed by atoms with Gasteiger partial charge in [-0.15, -0.1) is 0 Å². The predicted molar refractivity (Wildman–Crippen MR) is 142 cm³/mol. The molecule has 158 valence electrons. The number of nitrogens with zero attached hydrogens (tertiary/aromatic N) is 2. The normalized spacial score (nSPS) is 11.5. The van der Waals surface area contributed by atoms with E-state index < -0.39 is 0 Å². The number of hydrogen-bond acceptors (Lipinski definition) is 2. The first-order valence-corrected chi connectivity index (χ1v) is 11.5. The van der Waals surface area contributed by atoms with Crippen LogP contribution in [0.2, 0.25) is 0 Å². The van der Waals surface area contributed by atoms with Crippen LogP contribution in [0.3, 0.4) is 0 Å². The summed E-state index contributed by atoms with van der Waals surface area (Å²) in [5, 5.41) is 7.89. The summed E-state index contributed by atoms with van der Waals surface area (Å²) in [7, 11) is 0. The summed E-state index contributed by atoms with van der Waals surface area (Å²) in [5.41, 5.74) is 6.56. The van der Waals surface area contributed by atoms with Gasteiger partial charge < -0.3 is 0 Å². The van der Waals surface area contributed by atoms with Gasteiger partial charge in [0.15, 0.2) is 0 Å². The van der Waals surface area contributed by atoms with Gasteiger partial charge in [-0.1, -0.05) is 84.9 Å². The van der Waals surface area contributed by atoms with Crippen LogP contribution in [0.25, 0.3) is 66.0 Å². The van der Waals surface area contributed by atoms with E-state index in [1.807, 2.05) is 24.4 Å². The molecule has 34 heavy (non-hydrogen) atoms. The van der Waals surface area contributed by atoms with Gasteiger partial charge in [-0.05, 0) is 78.8 Å². The van der Waals surface area contributed by atoms with Crippen molar-refractivity contribution in [1.82, 2.24) is 9.97 Å². The Hall–Kier alpha value is -4.56. The van der Waals surface area contributed by atoms with Crippen molar-refractivity contribution in [2.75, 3.05) is 0 Å². The van der Waals surface area contributed by atoms with E-state index in [4.69, 9.17) is 0 Å². The van der Waals surface area contributed by atoms with Crippen LogP contribution in [0.4, 0.5) is 0 Å². The fourth-order valence-electron chi connectivity index (χ4n) is 5.09. The van der Waals surface area contributed by atoms with Gasteiger partial charge in [-0.25, -0.2) is 0 Å². The zero-order chi connectivity index (χ0) is 22.5. The Morgan fingerprint density at radius 3 is 1.91 bits per heavy atom. The average Bonchev–Trinajstić information content (AvgIpc) is 2.92. The van der Waals surface area contributed by atoms with Crippen LogP contribution in [0.5, 0.6) is 0 Å². The van der Waals surface area contributed by atoms with Gasteiger partial charge in [-0.2, -0.15) is 0 Å². The molecule has 0 amide bonds. The molecule has 2 heterocycles. The smallest absolute Gasteiger partial charge is 0.0892 e. The maximum atomic E-state index is 4.51. The Balaban J connectivity index is 1.33. The number of benzene rings is 5. The van der Waals surface area contributed by atoms with Crippen LogP contribution >= 0.6 is 0 Å². The van der Waals surface area contributed by atoms with Crippen LogP contribution in [0.15, 0.2) is 122 Å². The molecule has 2 aromatic heterocycles. The van der Waals surface area contributed by atoms with Crippen molar-refractivity contribution >= 4 is 32.3 Å². The van der Waals surface area contributed by atoms with Gasteiger partial charge in [0.1, 0.15) is 0 Å². The summed E-state index contributed by atoms with van der Waals surface area (Å²) >= 11 is 0. The lowest BCUT2D eigenvalue weighted by molar-refractivity contribution is 1.25. The van der Waals surface area contributed by atoms with Crippen molar-refractivity contribution in [2.45, 2.75) is 0 Å². The molecule has 0 saturated carbocycles. The molecule has 7 aromatic rings. The van der Waals surface area contributed by atoms with Crippen molar-refractivity contribution in [2.24, 2.45) is 0 Å². The van der Waals surface area contributed by atoms with Crippen molar-refractivity contribution in [3.05, 3.63) is 122 Å². The van der Waals surface area contributed by atoms with Gasteiger partial charge in [0, 0.05) is 12.4 Å². The molecule has 0 unspecified atom stereocenters.